The summed E-state index contributed by atoms with van der Waals surface area (Å²) in [5, 5.41) is 3.00. The number of aliphatic imine (C=N–C) groups is 1. The number of hydrogen-bond acceptors (Lipinski definition) is 2. The number of guanidine groups is 1. The monoisotopic (exact) mass is 335 g/mol. The fraction of sp³-hybridized carbons (Fsp3) is 0.364. The number of methoxy groups -OCH3 is 1. The number of nitrogens with one attached hydrogen (secondary N) is 1. The topological polar surface area (TPSA) is 59.6 Å². The van der Waals surface area contributed by atoms with E-state index >= 15 is 0 Å². The average molecular weight is 335 g/mol. The quantitative estimate of drug-likeness (QED) is 0.505. The number of ether oxygens (including phenoxy) is 1. The minimum Gasteiger partial charge on any atom is -0.497 e. The summed E-state index contributed by atoms with van der Waals surface area (Å²) in [5.41, 5.74) is 6.56. The largest absolute Gasteiger partial charge is 0.497 e. The van der Waals surface area contributed by atoms with Crippen LogP contribution >= 0.6 is 24.0 Å². The number of benzene rings is 1. The summed E-state index contributed by atoms with van der Waals surface area (Å²) in [7, 11) is 1.63. The molecule has 3 N–H and O–H groups in total. The molecule has 0 saturated carbocycles. The van der Waals surface area contributed by atoms with Gasteiger partial charge < -0.3 is 15.8 Å². The smallest absolute Gasteiger partial charge is 0.193 e. The van der Waals surface area contributed by atoms with E-state index in [1.165, 1.54) is 0 Å². The van der Waals surface area contributed by atoms with Crippen molar-refractivity contribution in [1.82, 2.24) is 0 Å². The van der Waals surface area contributed by atoms with Gasteiger partial charge in [0.25, 0.3) is 0 Å². The molecule has 0 saturated heterocycles. The van der Waals surface area contributed by atoms with Gasteiger partial charge in [-0.25, -0.2) is 0 Å². The van der Waals surface area contributed by atoms with E-state index < -0.39 is 0 Å². The first-order valence-corrected chi connectivity index (χ1v) is 4.97. The van der Waals surface area contributed by atoms with Crippen LogP contribution in [0.5, 0.6) is 5.75 Å². The molecule has 90 valence electrons. The maximum atomic E-state index is 5.68. The van der Waals surface area contributed by atoms with Crippen molar-refractivity contribution in [3.8, 4) is 5.75 Å². The van der Waals surface area contributed by atoms with E-state index in [0.29, 0.717) is 5.96 Å². The molecule has 0 spiro atoms. The van der Waals surface area contributed by atoms with Gasteiger partial charge in [-0.15, -0.1) is 24.0 Å². The third kappa shape index (κ3) is 5.20. The first kappa shape index (κ1) is 15.0. The maximum Gasteiger partial charge on any atom is 0.193 e. The van der Waals surface area contributed by atoms with E-state index in [9.17, 15) is 0 Å². The zero-order valence-electron chi connectivity index (χ0n) is 9.56. The number of anilines is 1. The molecule has 0 bridgehead atoms. The summed E-state index contributed by atoms with van der Waals surface area (Å²) in [6.45, 7) is 2.80. The fourth-order valence-corrected chi connectivity index (χ4v) is 1.12. The lowest BCUT2D eigenvalue weighted by atomic mass is 10.3. The first-order valence-electron chi connectivity index (χ1n) is 4.97. The van der Waals surface area contributed by atoms with E-state index in [1.807, 2.05) is 24.3 Å². The average Bonchev–Trinajstić information content (AvgIpc) is 2.26. The molecule has 1 aromatic rings. The third-order valence-corrected chi connectivity index (χ3v) is 1.85. The minimum atomic E-state index is 0. The van der Waals surface area contributed by atoms with E-state index in [1.54, 1.807) is 7.11 Å². The molecule has 0 aliphatic carbocycles. The van der Waals surface area contributed by atoms with Crippen molar-refractivity contribution in [2.75, 3.05) is 19.0 Å². The molecule has 0 radical (unpaired) electrons. The fourth-order valence-electron chi connectivity index (χ4n) is 1.12. The van der Waals surface area contributed by atoms with Crippen LogP contribution in [0.15, 0.2) is 29.3 Å². The van der Waals surface area contributed by atoms with E-state index in [2.05, 4.69) is 17.2 Å². The Morgan fingerprint density at radius 3 is 2.88 bits per heavy atom. The molecule has 1 rings (SSSR count). The first-order chi connectivity index (χ1) is 7.26. The van der Waals surface area contributed by atoms with E-state index in [0.717, 1.165) is 24.4 Å². The molecule has 0 aromatic heterocycles. The molecule has 4 nitrogen and oxygen atoms in total. The maximum absolute atomic E-state index is 5.68. The van der Waals surface area contributed by atoms with Crippen molar-refractivity contribution in [2.45, 2.75) is 13.3 Å². The molecular weight excluding hydrogens is 317 g/mol. The summed E-state index contributed by atoms with van der Waals surface area (Å²) in [6, 6.07) is 7.56. The highest BCUT2D eigenvalue weighted by Crippen LogP contribution is 2.16. The summed E-state index contributed by atoms with van der Waals surface area (Å²) in [5.74, 6) is 1.23. The van der Waals surface area contributed by atoms with Crippen LogP contribution in [0.25, 0.3) is 0 Å². The van der Waals surface area contributed by atoms with Gasteiger partial charge in [-0.05, 0) is 18.6 Å². The van der Waals surface area contributed by atoms with E-state index in [4.69, 9.17) is 10.5 Å². The van der Waals surface area contributed by atoms with Gasteiger partial charge in [0.2, 0.25) is 0 Å². The van der Waals surface area contributed by atoms with Crippen LogP contribution in [0.3, 0.4) is 0 Å². The number of rotatable bonds is 4. The van der Waals surface area contributed by atoms with Gasteiger partial charge in [0.15, 0.2) is 5.96 Å². The second-order valence-electron chi connectivity index (χ2n) is 3.12. The minimum absolute atomic E-state index is 0. The van der Waals surface area contributed by atoms with Gasteiger partial charge in [0.1, 0.15) is 5.75 Å². The lowest BCUT2D eigenvalue weighted by molar-refractivity contribution is 0.415. The molecule has 1 aromatic carbocycles. The SMILES string of the molecule is CCCN=C(N)Nc1cccc(OC)c1.I. The van der Waals surface area contributed by atoms with Gasteiger partial charge in [0, 0.05) is 18.3 Å². The summed E-state index contributed by atoms with van der Waals surface area (Å²) >= 11 is 0. The van der Waals surface area contributed by atoms with Gasteiger partial charge in [-0.1, -0.05) is 13.0 Å². The Bertz CT molecular complexity index is 342. The van der Waals surface area contributed by atoms with Crippen LogP contribution in [-0.2, 0) is 0 Å². The number of hydrogen-bond donors (Lipinski definition) is 2. The Labute approximate surface area is 113 Å². The molecule has 16 heavy (non-hydrogen) atoms. The predicted octanol–water partition coefficient (Wildman–Crippen LogP) is 2.45. The van der Waals surface area contributed by atoms with Crippen LogP contribution < -0.4 is 15.8 Å². The Morgan fingerprint density at radius 2 is 2.25 bits per heavy atom. The van der Waals surface area contributed by atoms with Crippen molar-refractivity contribution in [1.29, 1.82) is 0 Å². The molecule has 0 aliphatic heterocycles. The van der Waals surface area contributed by atoms with Crippen LogP contribution in [-0.4, -0.2) is 19.6 Å². The van der Waals surface area contributed by atoms with Crippen molar-refractivity contribution < 1.29 is 4.74 Å². The molecule has 0 fully saturated rings. The van der Waals surface area contributed by atoms with Crippen LogP contribution in [0.4, 0.5) is 5.69 Å². The van der Waals surface area contributed by atoms with Crippen LogP contribution in [0, 0.1) is 0 Å². The molecule has 0 atom stereocenters. The Balaban J connectivity index is 0.00000225. The highest BCUT2D eigenvalue weighted by Gasteiger charge is 1.96. The van der Waals surface area contributed by atoms with E-state index in [-0.39, 0.29) is 24.0 Å². The second-order valence-corrected chi connectivity index (χ2v) is 3.12. The lowest BCUT2D eigenvalue weighted by Crippen LogP contribution is -2.22. The molecular formula is C11H18IN3O. The van der Waals surface area contributed by atoms with Crippen molar-refractivity contribution in [3.63, 3.8) is 0 Å². The highest BCUT2D eigenvalue weighted by atomic mass is 127. The van der Waals surface area contributed by atoms with Gasteiger partial charge in [-0.3, -0.25) is 4.99 Å². The predicted molar refractivity (Wildman–Crippen MR) is 78.8 cm³/mol. The normalized spacial score (nSPS) is 10.5. The van der Waals surface area contributed by atoms with Crippen LogP contribution in [0.2, 0.25) is 0 Å². The Kier molecular flexibility index (Phi) is 7.70. The molecule has 0 amide bonds. The number of nitrogens with zero attached hydrogens (tertiary/aromatic N) is 1. The third-order valence-electron chi connectivity index (χ3n) is 1.85. The molecule has 0 aliphatic rings. The zero-order valence-corrected chi connectivity index (χ0v) is 11.9. The Morgan fingerprint density at radius 1 is 1.50 bits per heavy atom. The van der Waals surface area contributed by atoms with Crippen molar-refractivity contribution in [2.24, 2.45) is 10.7 Å². The van der Waals surface area contributed by atoms with Gasteiger partial charge in [-0.2, -0.15) is 0 Å². The molecule has 5 heteroatoms. The highest BCUT2D eigenvalue weighted by molar-refractivity contribution is 14.0. The zero-order chi connectivity index (χ0) is 11.1. The van der Waals surface area contributed by atoms with Gasteiger partial charge >= 0.3 is 0 Å². The lowest BCUT2D eigenvalue weighted by Gasteiger charge is -2.06. The number of halogens is 1. The molecule has 0 unspecified atom stereocenters. The standard InChI is InChI=1S/C11H17N3O.HI/c1-3-7-13-11(12)14-9-5-4-6-10(8-9)15-2;/h4-6,8H,3,7H2,1-2H3,(H3,12,13,14);1H. The summed E-state index contributed by atoms with van der Waals surface area (Å²) in [6.07, 6.45) is 0.987. The second kappa shape index (κ2) is 8.20. The molecule has 0 heterocycles. The summed E-state index contributed by atoms with van der Waals surface area (Å²) < 4.78 is 5.10. The summed E-state index contributed by atoms with van der Waals surface area (Å²) in [4.78, 5) is 4.14. The Hall–Kier alpha value is -0.980. The van der Waals surface area contributed by atoms with Crippen molar-refractivity contribution in [3.05, 3.63) is 24.3 Å². The number of nitrogens with two attached hydrogens (primary N) is 1. The van der Waals surface area contributed by atoms with Crippen LogP contribution in [0.1, 0.15) is 13.3 Å². The van der Waals surface area contributed by atoms with Crippen molar-refractivity contribution >= 4 is 35.6 Å². The van der Waals surface area contributed by atoms with Gasteiger partial charge in [0.05, 0.1) is 7.11 Å².